The summed E-state index contributed by atoms with van der Waals surface area (Å²) >= 11 is 0. The summed E-state index contributed by atoms with van der Waals surface area (Å²) in [5.41, 5.74) is 2.14. The van der Waals surface area contributed by atoms with Crippen LogP contribution in [0.2, 0.25) is 0 Å². The van der Waals surface area contributed by atoms with E-state index in [2.05, 4.69) is 34.7 Å². The summed E-state index contributed by atoms with van der Waals surface area (Å²) in [4.78, 5) is 14.1. The molecule has 0 atom stereocenters. The van der Waals surface area contributed by atoms with Crippen molar-refractivity contribution in [1.29, 1.82) is 0 Å². The fourth-order valence-corrected chi connectivity index (χ4v) is 2.81. The lowest BCUT2D eigenvalue weighted by Crippen LogP contribution is -2.29. The maximum Gasteiger partial charge on any atom is 0.319 e. The van der Waals surface area contributed by atoms with E-state index in [1.165, 1.54) is 5.56 Å². The number of carbonyl (C=O) groups excluding carboxylic acids is 1. The second kappa shape index (κ2) is 12.0. The summed E-state index contributed by atoms with van der Waals surface area (Å²) in [5.74, 6) is 0.901. The summed E-state index contributed by atoms with van der Waals surface area (Å²) < 4.78 is 5.18. The number of hydrogen-bond acceptors (Lipinski definition) is 3. The van der Waals surface area contributed by atoms with E-state index >= 15 is 0 Å². The molecule has 2 amide bonds. The molecule has 27 heavy (non-hydrogen) atoms. The van der Waals surface area contributed by atoms with Gasteiger partial charge in [-0.2, -0.15) is 0 Å². The lowest BCUT2D eigenvalue weighted by Gasteiger charge is -2.16. The normalized spacial score (nSPS) is 10.6. The Morgan fingerprint density at radius 1 is 0.963 bits per heavy atom. The van der Waals surface area contributed by atoms with E-state index in [-0.39, 0.29) is 6.03 Å². The molecule has 0 saturated carbocycles. The lowest BCUT2D eigenvalue weighted by molar-refractivity contribution is 0.251. The quantitative estimate of drug-likeness (QED) is 0.585. The van der Waals surface area contributed by atoms with Crippen LogP contribution in [0.1, 0.15) is 24.8 Å². The van der Waals surface area contributed by atoms with Gasteiger partial charge in [0, 0.05) is 18.8 Å². The van der Waals surface area contributed by atoms with Crippen LogP contribution in [-0.2, 0) is 6.42 Å². The predicted octanol–water partition coefficient (Wildman–Crippen LogP) is 4.16. The Bertz CT molecular complexity index is 659. The van der Waals surface area contributed by atoms with Crippen LogP contribution < -0.4 is 15.4 Å². The average Bonchev–Trinajstić information content (AvgIpc) is 2.70. The number of unbranched alkanes of at least 4 members (excludes halogenated alkanes) is 2. The summed E-state index contributed by atoms with van der Waals surface area (Å²) in [6.07, 6.45) is 4.29. The smallest absolute Gasteiger partial charge is 0.319 e. The third-order valence-corrected chi connectivity index (χ3v) is 4.48. The van der Waals surface area contributed by atoms with E-state index in [1.54, 1.807) is 7.11 Å². The second-order valence-corrected chi connectivity index (χ2v) is 6.71. The minimum atomic E-state index is -0.141. The Hall–Kier alpha value is -2.53. The molecule has 2 aromatic rings. The van der Waals surface area contributed by atoms with Crippen LogP contribution >= 0.6 is 0 Å². The molecular weight excluding hydrogens is 338 g/mol. The number of hydrogen-bond donors (Lipinski definition) is 2. The molecule has 0 aromatic heterocycles. The van der Waals surface area contributed by atoms with Gasteiger partial charge >= 0.3 is 6.03 Å². The van der Waals surface area contributed by atoms with Crippen molar-refractivity contribution in [3.8, 4) is 5.75 Å². The zero-order chi connectivity index (χ0) is 19.3. The maximum absolute atomic E-state index is 11.8. The zero-order valence-electron chi connectivity index (χ0n) is 16.4. The number of carbonyl (C=O) groups is 1. The summed E-state index contributed by atoms with van der Waals surface area (Å²) in [6, 6.07) is 17.6. The molecule has 5 nitrogen and oxygen atoms in total. The van der Waals surface area contributed by atoms with Crippen molar-refractivity contribution >= 4 is 11.7 Å². The first-order chi connectivity index (χ1) is 13.2. The standard InChI is InChI=1S/C22H31N3O2/c1-25(18-15-19-11-13-21(27-2)14-12-19)17-8-4-7-16-23-22(26)24-20-9-5-3-6-10-20/h3,5-6,9-14H,4,7-8,15-18H2,1-2H3,(H2,23,24,26). The number of methoxy groups -OCH3 is 1. The minimum absolute atomic E-state index is 0.141. The fraction of sp³-hybridized carbons (Fsp3) is 0.409. The second-order valence-electron chi connectivity index (χ2n) is 6.71. The van der Waals surface area contributed by atoms with Crippen LogP contribution in [0.4, 0.5) is 10.5 Å². The first-order valence-corrected chi connectivity index (χ1v) is 9.59. The predicted molar refractivity (Wildman–Crippen MR) is 112 cm³/mol. The molecule has 0 aliphatic carbocycles. The van der Waals surface area contributed by atoms with Crippen LogP contribution in [0.25, 0.3) is 0 Å². The fourth-order valence-electron chi connectivity index (χ4n) is 2.81. The van der Waals surface area contributed by atoms with Crippen molar-refractivity contribution in [3.63, 3.8) is 0 Å². The summed E-state index contributed by atoms with van der Waals surface area (Å²) in [6.45, 7) is 2.82. The van der Waals surface area contributed by atoms with Crippen molar-refractivity contribution in [1.82, 2.24) is 10.2 Å². The number of nitrogens with one attached hydrogen (secondary N) is 2. The van der Waals surface area contributed by atoms with Gasteiger partial charge in [0.2, 0.25) is 0 Å². The molecule has 0 radical (unpaired) electrons. The van der Waals surface area contributed by atoms with E-state index < -0.39 is 0 Å². The monoisotopic (exact) mass is 369 g/mol. The first-order valence-electron chi connectivity index (χ1n) is 9.59. The van der Waals surface area contributed by atoms with Gasteiger partial charge in [-0.15, -0.1) is 0 Å². The van der Waals surface area contributed by atoms with Crippen LogP contribution in [0.3, 0.4) is 0 Å². The van der Waals surface area contributed by atoms with E-state index in [9.17, 15) is 4.79 Å². The first kappa shape index (κ1) is 20.8. The van der Waals surface area contributed by atoms with Gasteiger partial charge in [-0.25, -0.2) is 4.79 Å². The van der Waals surface area contributed by atoms with Gasteiger partial charge < -0.3 is 20.3 Å². The largest absolute Gasteiger partial charge is 0.497 e. The van der Waals surface area contributed by atoms with Gasteiger partial charge in [0.1, 0.15) is 5.75 Å². The molecule has 146 valence electrons. The number of anilines is 1. The number of para-hydroxylation sites is 1. The Morgan fingerprint density at radius 2 is 1.70 bits per heavy atom. The van der Waals surface area contributed by atoms with Crippen molar-refractivity contribution in [3.05, 3.63) is 60.2 Å². The maximum atomic E-state index is 11.8. The van der Waals surface area contributed by atoms with Gasteiger partial charge in [-0.3, -0.25) is 0 Å². The van der Waals surface area contributed by atoms with E-state index in [0.29, 0.717) is 6.54 Å². The Balaban J connectivity index is 1.48. The highest BCUT2D eigenvalue weighted by molar-refractivity contribution is 5.89. The third kappa shape index (κ3) is 8.60. The summed E-state index contributed by atoms with van der Waals surface area (Å²) in [7, 11) is 3.85. The van der Waals surface area contributed by atoms with Gasteiger partial charge in [-0.05, 0) is 62.7 Å². The molecule has 2 aromatic carbocycles. The molecule has 0 spiro atoms. The van der Waals surface area contributed by atoms with E-state index in [4.69, 9.17) is 4.74 Å². The van der Waals surface area contributed by atoms with Crippen LogP contribution in [0.15, 0.2) is 54.6 Å². The molecule has 0 aliphatic rings. The molecule has 0 unspecified atom stereocenters. The highest BCUT2D eigenvalue weighted by Gasteiger charge is 2.02. The Kier molecular flexibility index (Phi) is 9.21. The number of ether oxygens (including phenoxy) is 1. The third-order valence-electron chi connectivity index (χ3n) is 4.48. The highest BCUT2D eigenvalue weighted by atomic mass is 16.5. The molecule has 0 bridgehead atoms. The summed E-state index contributed by atoms with van der Waals surface area (Å²) in [5, 5.41) is 5.73. The average molecular weight is 370 g/mol. The van der Waals surface area contributed by atoms with Crippen molar-refractivity contribution in [2.45, 2.75) is 25.7 Å². The zero-order valence-corrected chi connectivity index (χ0v) is 16.4. The SMILES string of the molecule is COc1ccc(CCN(C)CCCCCNC(=O)Nc2ccccc2)cc1. The highest BCUT2D eigenvalue weighted by Crippen LogP contribution is 2.12. The number of benzene rings is 2. The number of amides is 2. The number of rotatable bonds is 11. The molecule has 0 aliphatic heterocycles. The van der Waals surface area contributed by atoms with Gasteiger partial charge in [0.05, 0.1) is 7.11 Å². The topological polar surface area (TPSA) is 53.6 Å². The van der Waals surface area contributed by atoms with Gasteiger partial charge in [-0.1, -0.05) is 36.8 Å². The van der Waals surface area contributed by atoms with Crippen LogP contribution in [0, 0.1) is 0 Å². The van der Waals surface area contributed by atoms with E-state index in [0.717, 1.165) is 50.2 Å². The van der Waals surface area contributed by atoms with Crippen LogP contribution in [-0.4, -0.2) is 44.7 Å². The Labute approximate surface area is 162 Å². The number of nitrogens with zero attached hydrogens (tertiary/aromatic N) is 1. The lowest BCUT2D eigenvalue weighted by atomic mass is 10.1. The number of urea groups is 1. The van der Waals surface area contributed by atoms with Crippen molar-refractivity contribution in [2.24, 2.45) is 0 Å². The number of likely N-dealkylation sites (N-methyl/N-ethyl adjacent to an activating group) is 1. The minimum Gasteiger partial charge on any atom is -0.497 e. The van der Waals surface area contributed by atoms with Crippen molar-refractivity contribution < 1.29 is 9.53 Å². The van der Waals surface area contributed by atoms with Gasteiger partial charge in [0.15, 0.2) is 0 Å². The molecule has 5 heteroatoms. The molecule has 2 N–H and O–H groups in total. The molecule has 2 rings (SSSR count). The van der Waals surface area contributed by atoms with Crippen LogP contribution in [0.5, 0.6) is 5.75 Å². The molecular formula is C22H31N3O2. The molecule has 0 saturated heterocycles. The van der Waals surface area contributed by atoms with Gasteiger partial charge in [0.25, 0.3) is 0 Å². The van der Waals surface area contributed by atoms with Crippen molar-refractivity contribution in [2.75, 3.05) is 39.1 Å². The Morgan fingerprint density at radius 3 is 2.41 bits per heavy atom. The molecule has 0 fully saturated rings. The molecule has 0 heterocycles. The van der Waals surface area contributed by atoms with E-state index in [1.807, 2.05) is 42.5 Å².